The van der Waals surface area contributed by atoms with Crippen molar-refractivity contribution in [1.82, 2.24) is 4.90 Å². The van der Waals surface area contributed by atoms with Gasteiger partial charge in [-0.25, -0.2) is 0 Å². The Kier molecular flexibility index (Phi) is 9.20. The van der Waals surface area contributed by atoms with Gasteiger partial charge in [0.2, 0.25) is 5.75 Å². The van der Waals surface area contributed by atoms with Crippen LogP contribution in [0.3, 0.4) is 0 Å². The Morgan fingerprint density at radius 2 is 1.29 bits per heavy atom. The second-order valence-corrected chi connectivity index (χ2v) is 10.4. The lowest BCUT2D eigenvalue weighted by molar-refractivity contribution is 0.0447. The summed E-state index contributed by atoms with van der Waals surface area (Å²) in [6.45, 7) is -0.0567. The molecule has 0 spiro atoms. The van der Waals surface area contributed by atoms with Crippen molar-refractivity contribution in [2.45, 2.75) is 31.0 Å². The van der Waals surface area contributed by atoms with Gasteiger partial charge in [0, 0.05) is 6.04 Å². The van der Waals surface area contributed by atoms with Gasteiger partial charge in [-0.15, -0.1) is 0 Å². The fourth-order valence-corrected chi connectivity index (χ4v) is 6.25. The number of methoxy groups -OCH3 is 5. The predicted octanol–water partition coefficient (Wildman–Crippen LogP) is 6.02. The molecule has 0 radical (unpaired) electrons. The van der Waals surface area contributed by atoms with Crippen molar-refractivity contribution in [3.8, 4) is 28.7 Å². The van der Waals surface area contributed by atoms with E-state index < -0.39 is 0 Å². The maximum Gasteiger partial charge on any atom is 0.203 e. The Hall–Kier alpha value is -4.20. The first-order chi connectivity index (χ1) is 20.6. The van der Waals surface area contributed by atoms with Gasteiger partial charge in [0.15, 0.2) is 23.0 Å². The highest BCUT2D eigenvalue weighted by atomic mass is 16.5. The van der Waals surface area contributed by atoms with E-state index in [1.54, 1.807) is 35.5 Å². The van der Waals surface area contributed by atoms with Crippen LogP contribution in [0.15, 0.2) is 84.9 Å². The molecule has 5 rings (SSSR count). The number of hydrogen-bond donors (Lipinski definition) is 1. The van der Waals surface area contributed by atoms with Crippen LogP contribution in [0.1, 0.15) is 39.9 Å². The van der Waals surface area contributed by atoms with Crippen LogP contribution in [-0.2, 0) is 12.8 Å². The lowest BCUT2D eigenvalue weighted by Gasteiger charge is -2.48. The Morgan fingerprint density at radius 1 is 0.714 bits per heavy atom. The Labute approximate surface area is 248 Å². The zero-order valence-corrected chi connectivity index (χ0v) is 24.9. The van der Waals surface area contributed by atoms with Crippen LogP contribution in [0.4, 0.5) is 0 Å². The number of hydrogen-bond acceptors (Lipinski definition) is 7. The van der Waals surface area contributed by atoms with Crippen LogP contribution in [-0.4, -0.2) is 58.2 Å². The fourth-order valence-electron chi connectivity index (χ4n) is 6.25. The summed E-state index contributed by atoms with van der Waals surface area (Å²) in [5, 5.41) is 11.0. The molecule has 220 valence electrons. The quantitative estimate of drug-likeness (QED) is 0.237. The topological polar surface area (TPSA) is 69.6 Å². The minimum Gasteiger partial charge on any atom is -0.493 e. The van der Waals surface area contributed by atoms with Gasteiger partial charge in [-0.3, -0.25) is 4.90 Å². The molecule has 42 heavy (non-hydrogen) atoms. The van der Waals surface area contributed by atoms with Gasteiger partial charge < -0.3 is 28.8 Å². The molecule has 0 unspecified atom stereocenters. The molecule has 4 aromatic carbocycles. The normalized spacial score (nSPS) is 17.2. The summed E-state index contributed by atoms with van der Waals surface area (Å²) in [5.74, 6) is 3.00. The zero-order valence-electron chi connectivity index (χ0n) is 24.9. The summed E-state index contributed by atoms with van der Waals surface area (Å²) < 4.78 is 28.8. The Balaban J connectivity index is 1.79. The van der Waals surface area contributed by atoms with Crippen molar-refractivity contribution in [2.24, 2.45) is 0 Å². The smallest absolute Gasteiger partial charge is 0.203 e. The summed E-state index contributed by atoms with van der Waals surface area (Å²) >= 11 is 0. The Morgan fingerprint density at radius 3 is 1.83 bits per heavy atom. The molecule has 0 aromatic heterocycles. The van der Waals surface area contributed by atoms with Crippen LogP contribution in [0.5, 0.6) is 28.7 Å². The van der Waals surface area contributed by atoms with E-state index in [0.29, 0.717) is 28.7 Å². The van der Waals surface area contributed by atoms with Crippen molar-refractivity contribution < 1.29 is 28.8 Å². The van der Waals surface area contributed by atoms with Gasteiger partial charge in [0.1, 0.15) is 0 Å². The van der Waals surface area contributed by atoms with Gasteiger partial charge in [-0.05, 0) is 64.9 Å². The van der Waals surface area contributed by atoms with Crippen molar-refractivity contribution in [2.75, 3.05) is 42.2 Å². The molecule has 0 aliphatic carbocycles. The molecule has 0 fully saturated rings. The van der Waals surface area contributed by atoms with Crippen LogP contribution in [0.2, 0.25) is 0 Å². The van der Waals surface area contributed by atoms with Crippen molar-refractivity contribution in [3.63, 3.8) is 0 Å². The monoisotopic (exact) mass is 569 g/mol. The number of ether oxygens (including phenoxy) is 5. The molecule has 4 aromatic rings. The largest absolute Gasteiger partial charge is 0.493 e. The summed E-state index contributed by atoms with van der Waals surface area (Å²) in [5.41, 5.74) is 5.45. The second-order valence-electron chi connectivity index (χ2n) is 10.4. The van der Waals surface area contributed by atoms with E-state index in [1.165, 1.54) is 5.56 Å². The highest BCUT2D eigenvalue weighted by Crippen LogP contribution is 2.49. The molecular formula is C35H39NO6. The lowest BCUT2D eigenvalue weighted by Crippen LogP contribution is -2.48. The third-order valence-corrected chi connectivity index (χ3v) is 8.15. The third kappa shape index (κ3) is 5.62. The first-order valence-electron chi connectivity index (χ1n) is 14.1. The molecule has 1 heterocycles. The number of fused-ring (bicyclic) bond motifs is 1. The Bertz CT molecular complexity index is 1450. The summed E-state index contributed by atoms with van der Waals surface area (Å²) in [6, 6.07) is 28.3. The van der Waals surface area contributed by atoms with E-state index in [9.17, 15) is 5.11 Å². The molecule has 3 atom stereocenters. The van der Waals surface area contributed by atoms with Crippen LogP contribution in [0, 0.1) is 0 Å². The molecule has 0 amide bonds. The second kappa shape index (κ2) is 13.2. The minimum atomic E-state index is -0.287. The molecule has 0 saturated carbocycles. The van der Waals surface area contributed by atoms with E-state index in [4.69, 9.17) is 23.7 Å². The maximum atomic E-state index is 11.0. The highest BCUT2D eigenvalue weighted by Gasteiger charge is 2.41. The van der Waals surface area contributed by atoms with E-state index in [1.807, 2.05) is 36.4 Å². The van der Waals surface area contributed by atoms with Crippen molar-refractivity contribution in [3.05, 3.63) is 113 Å². The van der Waals surface area contributed by atoms with Crippen molar-refractivity contribution >= 4 is 0 Å². The lowest BCUT2D eigenvalue weighted by atomic mass is 9.80. The first kappa shape index (κ1) is 29.3. The molecule has 0 saturated heterocycles. The molecule has 7 nitrogen and oxygen atoms in total. The van der Waals surface area contributed by atoms with E-state index >= 15 is 0 Å². The van der Waals surface area contributed by atoms with E-state index in [0.717, 1.165) is 35.1 Å². The van der Waals surface area contributed by atoms with E-state index in [2.05, 4.69) is 53.4 Å². The predicted molar refractivity (Wildman–Crippen MR) is 163 cm³/mol. The molecule has 1 aliphatic heterocycles. The van der Waals surface area contributed by atoms with Crippen LogP contribution in [0.25, 0.3) is 0 Å². The molecule has 0 bridgehead atoms. The van der Waals surface area contributed by atoms with Gasteiger partial charge in [-0.1, -0.05) is 60.7 Å². The molecule has 7 heteroatoms. The average Bonchev–Trinajstić information content (AvgIpc) is 3.04. The summed E-state index contributed by atoms with van der Waals surface area (Å²) in [4.78, 5) is 2.44. The number of aliphatic hydroxyl groups is 1. The van der Waals surface area contributed by atoms with Crippen LogP contribution >= 0.6 is 0 Å². The van der Waals surface area contributed by atoms with Gasteiger partial charge >= 0.3 is 0 Å². The van der Waals surface area contributed by atoms with Gasteiger partial charge in [0.25, 0.3) is 0 Å². The first-order valence-corrected chi connectivity index (χ1v) is 14.1. The molecule has 1 N–H and O–H groups in total. The molecule has 1 aliphatic rings. The number of rotatable bonds is 11. The third-order valence-electron chi connectivity index (χ3n) is 8.15. The minimum absolute atomic E-state index is 0.0412. The number of nitrogens with zero attached hydrogens (tertiary/aromatic N) is 1. The zero-order chi connectivity index (χ0) is 29.6. The average molecular weight is 570 g/mol. The van der Waals surface area contributed by atoms with Crippen LogP contribution < -0.4 is 23.7 Å². The number of benzene rings is 4. The highest BCUT2D eigenvalue weighted by molar-refractivity contribution is 5.58. The molecular weight excluding hydrogens is 530 g/mol. The summed E-state index contributed by atoms with van der Waals surface area (Å²) in [6.07, 6.45) is 1.55. The van der Waals surface area contributed by atoms with E-state index in [-0.39, 0.29) is 24.7 Å². The SMILES string of the molecule is COc1cc2c(cc1OC)[C@H](c1cc(OC)c(OC)c(OC)c1)N([C@@H](CO)c1ccccc1)[C@H](Cc1ccccc1)C2. The van der Waals surface area contributed by atoms with Gasteiger partial charge in [-0.2, -0.15) is 0 Å². The summed E-state index contributed by atoms with van der Waals surface area (Å²) in [7, 11) is 8.17. The van der Waals surface area contributed by atoms with Crippen molar-refractivity contribution in [1.29, 1.82) is 0 Å². The van der Waals surface area contributed by atoms with Gasteiger partial charge in [0.05, 0.1) is 54.2 Å². The fraction of sp³-hybridized carbons (Fsp3) is 0.314. The standard InChI is InChI=1S/C35H39NO6/c1-38-30-18-25-17-27(16-23-12-8-6-9-13-23)36(29(22-37)24-14-10-7-11-15-24)34(28(25)21-31(30)39-2)26-19-32(40-3)35(42-5)33(20-26)41-4/h6-15,18-21,27,29,34,37H,16-17,22H2,1-5H3/t27-,29+,34+/m1/s1. The number of aliphatic hydroxyl groups excluding tert-OH is 1. The maximum absolute atomic E-state index is 11.0.